The van der Waals surface area contributed by atoms with Crippen molar-refractivity contribution in [2.75, 3.05) is 0 Å². The molecule has 1 aromatic carbocycles. The number of rotatable bonds is 3. The summed E-state index contributed by atoms with van der Waals surface area (Å²) in [4.78, 5) is 0. The lowest BCUT2D eigenvalue weighted by molar-refractivity contribution is 0.617. The third-order valence-electron chi connectivity index (χ3n) is 3.19. The third kappa shape index (κ3) is 2.96. The van der Waals surface area contributed by atoms with E-state index in [-0.39, 0.29) is 11.9 Å². The Balaban J connectivity index is 2.27. The first-order chi connectivity index (χ1) is 8.88. The summed E-state index contributed by atoms with van der Waals surface area (Å²) in [5, 5.41) is 4.83. The van der Waals surface area contributed by atoms with E-state index in [9.17, 15) is 4.39 Å². The molecule has 0 radical (unpaired) electrons. The highest BCUT2D eigenvalue weighted by Crippen LogP contribution is 2.25. The molecule has 2 rings (SSSR count). The zero-order valence-electron chi connectivity index (χ0n) is 11.2. The summed E-state index contributed by atoms with van der Waals surface area (Å²) in [5.41, 5.74) is 9.56. The number of nitrogens with zero attached hydrogens (tertiary/aromatic N) is 2. The van der Waals surface area contributed by atoms with E-state index in [1.54, 1.807) is 11.7 Å². The highest BCUT2D eigenvalue weighted by molar-refractivity contribution is 6.30. The van der Waals surface area contributed by atoms with Gasteiger partial charge < -0.3 is 5.73 Å². The maximum atomic E-state index is 13.4. The normalized spacial score (nSPS) is 12.7. The van der Waals surface area contributed by atoms with Crippen LogP contribution in [0.15, 0.2) is 18.2 Å². The van der Waals surface area contributed by atoms with E-state index < -0.39 is 0 Å². The molecule has 2 aromatic rings. The van der Waals surface area contributed by atoms with Gasteiger partial charge in [0.05, 0.1) is 5.69 Å². The van der Waals surface area contributed by atoms with Crippen molar-refractivity contribution in [3.05, 3.63) is 51.6 Å². The fourth-order valence-electron chi connectivity index (χ4n) is 2.22. The summed E-state index contributed by atoms with van der Waals surface area (Å²) in [6.07, 6.45) is 0.543. The molecule has 1 aromatic heterocycles. The Hall–Kier alpha value is -1.39. The van der Waals surface area contributed by atoms with Crippen molar-refractivity contribution in [1.82, 2.24) is 9.78 Å². The van der Waals surface area contributed by atoms with Gasteiger partial charge in [-0.25, -0.2) is 4.39 Å². The molecule has 0 aliphatic heterocycles. The van der Waals surface area contributed by atoms with Crippen LogP contribution >= 0.6 is 11.6 Å². The number of aromatic nitrogens is 2. The number of nitrogens with two attached hydrogens (primary N) is 1. The lowest BCUT2D eigenvalue weighted by Gasteiger charge is -2.13. The number of hydrogen-bond donors (Lipinski definition) is 1. The van der Waals surface area contributed by atoms with Crippen LogP contribution in [0.5, 0.6) is 0 Å². The van der Waals surface area contributed by atoms with Gasteiger partial charge in [-0.2, -0.15) is 5.10 Å². The molecule has 19 heavy (non-hydrogen) atoms. The van der Waals surface area contributed by atoms with E-state index >= 15 is 0 Å². The van der Waals surface area contributed by atoms with E-state index in [0.29, 0.717) is 11.6 Å². The molecule has 5 heteroatoms. The van der Waals surface area contributed by atoms with E-state index in [1.807, 2.05) is 19.9 Å². The number of benzene rings is 1. The van der Waals surface area contributed by atoms with Crippen LogP contribution in [0.1, 0.15) is 28.4 Å². The van der Waals surface area contributed by atoms with Gasteiger partial charge in [0.2, 0.25) is 0 Å². The van der Waals surface area contributed by atoms with Crippen LogP contribution in [0.25, 0.3) is 0 Å². The molecule has 2 N–H and O–H groups in total. The molecule has 0 saturated heterocycles. The standard InChI is InChI=1S/C14H17ClFN3/c1-8-4-10(6-11(16)5-8)13(17)7-12-9(2)18-19(3)14(12)15/h4-6,13H,7,17H2,1-3H3. The van der Waals surface area contributed by atoms with Crippen molar-refractivity contribution in [3.8, 4) is 0 Å². The Labute approximate surface area is 117 Å². The first-order valence-electron chi connectivity index (χ1n) is 6.09. The van der Waals surface area contributed by atoms with Crippen LogP contribution in [0.3, 0.4) is 0 Å². The van der Waals surface area contributed by atoms with Crippen molar-refractivity contribution in [2.45, 2.75) is 26.3 Å². The van der Waals surface area contributed by atoms with Gasteiger partial charge >= 0.3 is 0 Å². The van der Waals surface area contributed by atoms with Gasteiger partial charge in [0.15, 0.2) is 0 Å². The largest absolute Gasteiger partial charge is 0.324 e. The molecular weight excluding hydrogens is 265 g/mol. The van der Waals surface area contributed by atoms with Crippen LogP contribution in [-0.4, -0.2) is 9.78 Å². The predicted octanol–water partition coefficient (Wildman–Crippen LogP) is 3.07. The molecule has 0 fully saturated rings. The molecule has 102 valence electrons. The maximum absolute atomic E-state index is 13.4. The fourth-order valence-corrected chi connectivity index (χ4v) is 2.47. The van der Waals surface area contributed by atoms with E-state index in [0.717, 1.165) is 22.4 Å². The number of aryl methyl sites for hydroxylation is 3. The smallest absolute Gasteiger partial charge is 0.130 e. The molecule has 1 heterocycles. The van der Waals surface area contributed by atoms with Crippen molar-refractivity contribution >= 4 is 11.6 Å². The summed E-state index contributed by atoms with van der Waals surface area (Å²) >= 11 is 6.18. The fraction of sp³-hybridized carbons (Fsp3) is 0.357. The minimum absolute atomic E-state index is 0.264. The van der Waals surface area contributed by atoms with Gasteiger partial charge in [0.25, 0.3) is 0 Å². The van der Waals surface area contributed by atoms with Gasteiger partial charge in [-0.3, -0.25) is 4.68 Å². The monoisotopic (exact) mass is 281 g/mol. The second kappa shape index (κ2) is 5.31. The lowest BCUT2D eigenvalue weighted by atomic mass is 9.98. The third-order valence-corrected chi connectivity index (χ3v) is 3.66. The van der Waals surface area contributed by atoms with Crippen molar-refractivity contribution < 1.29 is 4.39 Å². The van der Waals surface area contributed by atoms with Gasteiger partial charge in [-0.15, -0.1) is 0 Å². The summed E-state index contributed by atoms with van der Waals surface area (Å²) in [5.74, 6) is -0.264. The van der Waals surface area contributed by atoms with Gasteiger partial charge in [0.1, 0.15) is 11.0 Å². The summed E-state index contributed by atoms with van der Waals surface area (Å²) in [6, 6.07) is 4.55. The quantitative estimate of drug-likeness (QED) is 0.940. The summed E-state index contributed by atoms with van der Waals surface area (Å²) in [6.45, 7) is 3.74. The number of halogens is 2. The van der Waals surface area contributed by atoms with Gasteiger partial charge in [0, 0.05) is 18.7 Å². The molecule has 1 unspecified atom stereocenters. The van der Waals surface area contributed by atoms with E-state index in [4.69, 9.17) is 17.3 Å². The topological polar surface area (TPSA) is 43.8 Å². The van der Waals surface area contributed by atoms with Crippen LogP contribution in [0, 0.1) is 19.7 Å². The zero-order chi connectivity index (χ0) is 14.2. The Bertz CT molecular complexity index is 587. The Morgan fingerprint density at radius 2 is 2.05 bits per heavy atom. The molecule has 0 aliphatic rings. The van der Waals surface area contributed by atoms with Crippen LogP contribution < -0.4 is 5.73 Å². The molecule has 0 aliphatic carbocycles. The Morgan fingerprint density at radius 3 is 2.58 bits per heavy atom. The highest BCUT2D eigenvalue weighted by atomic mass is 35.5. The second-order valence-electron chi connectivity index (χ2n) is 4.85. The predicted molar refractivity (Wildman–Crippen MR) is 74.7 cm³/mol. The maximum Gasteiger partial charge on any atom is 0.130 e. The molecule has 1 atom stereocenters. The SMILES string of the molecule is Cc1cc(F)cc(C(N)Cc2c(C)nn(C)c2Cl)c1. The van der Waals surface area contributed by atoms with Gasteiger partial charge in [-0.1, -0.05) is 17.7 Å². The minimum atomic E-state index is -0.296. The van der Waals surface area contributed by atoms with Crippen molar-refractivity contribution in [3.63, 3.8) is 0 Å². The molecular formula is C14H17ClFN3. The minimum Gasteiger partial charge on any atom is -0.324 e. The second-order valence-corrected chi connectivity index (χ2v) is 5.21. The van der Waals surface area contributed by atoms with E-state index in [1.165, 1.54) is 12.1 Å². The average Bonchev–Trinajstić information content (AvgIpc) is 2.54. The molecule has 0 bridgehead atoms. The molecule has 0 saturated carbocycles. The Kier molecular flexibility index (Phi) is 3.92. The summed E-state index contributed by atoms with van der Waals surface area (Å²) < 4.78 is 15.0. The molecule has 0 amide bonds. The Morgan fingerprint density at radius 1 is 1.37 bits per heavy atom. The van der Waals surface area contributed by atoms with Gasteiger partial charge in [-0.05, 0) is 43.5 Å². The average molecular weight is 282 g/mol. The van der Waals surface area contributed by atoms with Crippen LogP contribution in [0.2, 0.25) is 5.15 Å². The number of hydrogen-bond acceptors (Lipinski definition) is 2. The van der Waals surface area contributed by atoms with Crippen molar-refractivity contribution in [2.24, 2.45) is 12.8 Å². The van der Waals surface area contributed by atoms with Crippen LogP contribution in [0.4, 0.5) is 4.39 Å². The first kappa shape index (κ1) is 14.0. The van der Waals surface area contributed by atoms with E-state index in [2.05, 4.69) is 5.10 Å². The highest BCUT2D eigenvalue weighted by Gasteiger charge is 2.16. The molecule has 0 spiro atoms. The lowest BCUT2D eigenvalue weighted by Crippen LogP contribution is -2.14. The zero-order valence-corrected chi connectivity index (χ0v) is 12.0. The molecule has 3 nitrogen and oxygen atoms in total. The van der Waals surface area contributed by atoms with Crippen LogP contribution in [-0.2, 0) is 13.5 Å². The first-order valence-corrected chi connectivity index (χ1v) is 6.47. The summed E-state index contributed by atoms with van der Waals surface area (Å²) in [7, 11) is 1.79. The van der Waals surface area contributed by atoms with Crippen molar-refractivity contribution in [1.29, 1.82) is 0 Å².